The van der Waals surface area contributed by atoms with Gasteiger partial charge in [0.1, 0.15) is 5.82 Å². The smallest absolute Gasteiger partial charge is 0.259 e. The summed E-state index contributed by atoms with van der Waals surface area (Å²) in [6.07, 6.45) is 4.17. The van der Waals surface area contributed by atoms with Crippen LogP contribution in [0.15, 0.2) is 71.7 Å². The Morgan fingerprint density at radius 2 is 1.83 bits per heavy atom. The van der Waals surface area contributed by atoms with Crippen molar-refractivity contribution >= 4 is 28.0 Å². The highest BCUT2D eigenvalue weighted by molar-refractivity contribution is 5.95. The van der Waals surface area contributed by atoms with Crippen molar-refractivity contribution in [1.82, 2.24) is 9.97 Å². The first kappa shape index (κ1) is 18.4. The van der Waals surface area contributed by atoms with Crippen LogP contribution >= 0.6 is 0 Å². The van der Waals surface area contributed by atoms with E-state index < -0.39 is 0 Å². The number of benzene rings is 2. The quantitative estimate of drug-likeness (QED) is 0.495. The highest BCUT2D eigenvalue weighted by Gasteiger charge is 2.15. The van der Waals surface area contributed by atoms with Gasteiger partial charge >= 0.3 is 0 Å². The highest BCUT2D eigenvalue weighted by Crippen LogP contribution is 2.31. The minimum Gasteiger partial charge on any atom is -0.372 e. The van der Waals surface area contributed by atoms with Crippen LogP contribution in [0.25, 0.3) is 22.0 Å². The van der Waals surface area contributed by atoms with Gasteiger partial charge in [0.2, 0.25) is 0 Å². The Morgan fingerprint density at radius 3 is 2.67 bits per heavy atom. The summed E-state index contributed by atoms with van der Waals surface area (Å²) in [7, 11) is 0. The number of pyridine rings is 2. The Bertz CT molecular complexity index is 1270. The van der Waals surface area contributed by atoms with E-state index in [4.69, 9.17) is 4.98 Å². The van der Waals surface area contributed by atoms with Crippen molar-refractivity contribution in [3.05, 3.63) is 82.8 Å². The zero-order valence-corrected chi connectivity index (χ0v) is 17.0. The van der Waals surface area contributed by atoms with Crippen LogP contribution in [0.1, 0.15) is 18.4 Å². The largest absolute Gasteiger partial charge is 0.372 e. The molecule has 5 rings (SSSR count). The number of nitrogens with zero attached hydrogens (tertiary/aromatic N) is 2. The van der Waals surface area contributed by atoms with Crippen LogP contribution in [-0.2, 0) is 0 Å². The summed E-state index contributed by atoms with van der Waals surface area (Å²) < 4.78 is 0. The van der Waals surface area contributed by atoms with E-state index in [9.17, 15) is 4.79 Å². The van der Waals surface area contributed by atoms with Gasteiger partial charge in [-0.2, -0.15) is 0 Å². The van der Waals surface area contributed by atoms with Crippen LogP contribution < -0.4 is 15.8 Å². The Hall–Kier alpha value is -3.60. The predicted molar refractivity (Wildman–Crippen MR) is 124 cm³/mol. The van der Waals surface area contributed by atoms with Crippen molar-refractivity contribution in [3.8, 4) is 11.3 Å². The van der Waals surface area contributed by atoms with Crippen LogP contribution in [0, 0.1) is 6.92 Å². The monoisotopic (exact) mass is 396 g/mol. The lowest BCUT2D eigenvalue weighted by molar-refractivity contribution is 0.949. The van der Waals surface area contributed by atoms with Crippen LogP contribution in [-0.4, -0.2) is 23.1 Å². The fraction of sp³-hybridized carbons (Fsp3) is 0.200. The number of nitrogens with one attached hydrogen (secondary N) is 2. The molecular formula is C25H24N4O. The average Bonchev–Trinajstić information content (AvgIpc) is 3.30. The molecule has 0 bridgehead atoms. The van der Waals surface area contributed by atoms with Crippen LogP contribution in [0.3, 0.4) is 0 Å². The topological polar surface area (TPSA) is 61.0 Å². The van der Waals surface area contributed by atoms with E-state index in [1.165, 1.54) is 18.5 Å². The van der Waals surface area contributed by atoms with Crippen LogP contribution in [0.4, 0.5) is 17.2 Å². The van der Waals surface area contributed by atoms with Crippen molar-refractivity contribution in [2.75, 3.05) is 23.3 Å². The SMILES string of the molecule is Cc1ccccc1Nc1nc(-c2cccc(N3CCCC3)c2)cc2cc[nH]c(=O)c12. The van der Waals surface area contributed by atoms with E-state index in [-0.39, 0.29) is 5.56 Å². The number of aromatic amines is 1. The first-order valence-corrected chi connectivity index (χ1v) is 10.4. The number of H-pyrrole nitrogens is 1. The van der Waals surface area contributed by atoms with E-state index in [2.05, 4.69) is 39.5 Å². The molecule has 0 radical (unpaired) electrons. The first-order valence-electron chi connectivity index (χ1n) is 10.4. The molecule has 5 nitrogen and oxygen atoms in total. The third kappa shape index (κ3) is 3.43. The molecule has 30 heavy (non-hydrogen) atoms. The molecule has 1 aliphatic heterocycles. The van der Waals surface area contributed by atoms with Crippen molar-refractivity contribution in [2.24, 2.45) is 0 Å². The lowest BCUT2D eigenvalue weighted by Gasteiger charge is -2.18. The van der Waals surface area contributed by atoms with Crippen molar-refractivity contribution < 1.29 is 0 Å². The summed E-state index contributed by atoms with van der Waals surface area (Å²) in [5.74, 6) is 0.574. The van der Waals surface area contributed by atoms with Gasteiger partial charge in [0, 0.05) is 36.2 Å². The fourth-order valence-corrected chi connectivity index (χ4v) is 4.13. The number of anilines is 3. The first-order chi connectivity index (χ1) is 14.7. The van der Waals surface area contributed by atoms with Gasteiger partial charge in [0.25, 0.3) is 5.56 Å². The van der Waals surface area contributed by atoms with E-state index >= 15 is 0 Å². The number of rotatable bonds is 4. The second-order valence-corrected chi connectivity index (χ2v) is 7.81. The van der Waals surface area contributed by atoms with E-state index in [1.54, 1.807) is 6.20 Å². The molecule has 0 aliphatic carbocycles. The van der Waals surface area contributed by atoms with E-state index in [1.807, 2.05) is 43.3 Å². The van der Waals surface area contributed by atoms with Gasteiger partial charge < -0.3 is 15.2 Å². The molecule has 3 heterocycles. The molecule has 0 atom stereocenters. The summed E-state index contributed by atoms with van der Waals surface area (Å²) in [5.41, 5.74) is 5.03. The zero-order chi connectivity index (χ0) is 20.5. The van der Waals surface area contributed by atoms with E-state index in [0.717, 1.165) is 41.0 Å². The Labute approximate surface area is 175 Å². The third-order valence-electron chi connectivity index (χ3n) is 5.77. The Kier molecular flexibility index (Phi) is 4.71. The summed E-state index contributed by atoms with van der Waals surface area (Å²) >= 11 is 0. The molecule has 2 N–H and O–H groups in total. The summed E-state index contributed by atoms with van der Waals surface area (Å²) in [6.45, 7) is 4.24. The molecule has 0 spiro atoms. The molecule has 0 unspecified atom stereocenters. The van der Waals surface area contributed by atoms with Crippen molar-refractivity contribution in [2.45, 2.75) is 19.8 Å². The number of fused-ring (bicyclic) bond motifs is 1. The van der Waals surface area contributed by atoms with Gasteiger partial charge in [-0.25, -0.2) is 4.98 Å². The lowest BCUT2D eigenvalue weighted by Crippen LogP contribution is -2.17. The molecule has 2 aromatic heterocycles. The number of aryl methyl sites for hydroxylation is 1. The molecule has 1 saturated heterocycles. The predicted octanol–water partition coefficient (Wildman–Crippen LogP) is 5.24. The molecule has 150 valence electrons. The maximum Gasteiger partial charge on any atom is 0.259 e. The van der Waals surface area contributed by atoms with E-state index in [0.29, 0.717) is 11.2 Å². The van der Waals surface area contributed by atoms with Gasteiger partial charge in [0.15, 0.2) is 0 Å². The lowest BCUT2D eigenvalue weighted by atomic mass is 10.1. The molecule has 1 aliphatic rings. The molecule has 4 aromatic rings. The molecule has 2 aromatic carbocycles. The standard InChI is InChI=1S/C25H24N4O/c1-17-7-2-3-10-21(17)27-24-23-19(11-12-26-25(23)30)16-22(28-24)18-8-6-9-20(15-18)29-13-4-5-14-29/h2-3,6-12,15-16H,4-5,13-14H2,1H3,(H,26,30)(H,27,28). The molecule has 1 fully saturated rings. The van der Waals surface area contributed by atoms with Gasteiger partial charge in [-0.15, -0.1) is 0 Å². The Balaban J connectivity index is 1.64. The molecule has 0 saturated carbocycles. The van der Waals surface area contributed by atoms with Crippen LogP contribution in [0.5, 0.6) is 0 Å². The average molecular weight is 396 g/mol. The number of para-hydroxylation sites is 1. The molecule has 0 amide bonds. The number of hydrogen-bond acceptors (Lipinski definition) is 4. The molecular weight excluding hydrogens is 372 g/mol. The van der Waals surface area contributed by atoms with Crippen molar-refractivity contribution in [3.63, 3.8) is 0 Å². The van der Waals surface area contributed by atoms with Gasteiger partial charge in [0.05, 0.1) is 11.1 Å². The minimum absolute atomic E-state index is 0.145. The summed E-state index contributed by atoms with van der Waals surface area (Å²) in [4.78, 5) is 22.7. The fourth-order valence-electron chi connectivity index (χ4n) is 4.13. The van der Waals surface area contributed by atoms with Crippen molar-refractivity contribution in [1.29, 1.82) is 0 Å². The van der Waals surface area contributed by atoms with Gasteiger partial charge in [-0.1, -0.05) is 30.3 Å². The minimum atomic E-state index is -0.145. The van der Waals surface area contributed by atoms with Gasteiger partial charge in [-0.05, 0) is 61.0 Å². The molecule has 5 heteroatoms. The maximum absolute atomic E-state index is 12.6. The summed E-state index contributed by atoms with van der Waals surface area (Å²) in [5, 5.41) is 4.83. The van der Waals surface area contributed by atoms with Crippen LogP contribution in [0.2, 0.25) is 0 Å². The number of hydrogen-bond donors (Lipinski definition) is 2. The number of aromatic nitrogens is 2. The summed E-state index contributed by atoms with van der Waals surface area (Å²) in [6, 6.07) is 20.5. The zero-order valence-electron chi connectivity index (χ0n) is 17.0. The highest BCUT2D eigenvalue weighted by atomic mass is 16.1. The maximum atomic E-state index is 12.6. The normalized spacial score (nSPS) is 13.7. The Morgan fingerprint density at radius 1 is 1.00 bits per heavy atom. The third-order valence-corrected chi connectivity index (χ3v) is 5.77. The second-order valence-electron chi connectivity index (χ2n) is 7.81. The second kappa shape index (κ2) is 7.67. The van der Waals surface area contributed by atoms with Gasteiger partial charge in [-0.3, -0.25) is 4.79 Å².